The summed E-state index contributed by atoms with van der Waals surface area (Å²) in [5, 5.41) is 14.2. The third kappa shape index (κ3) is 4.56. The third-order valence-electron chi connectivity index (χ3n) is 2.31. The molecule has 0 bridgehead atoms. The van der Waals surface area contributed by atoms with Crippen molar-refractivity contribution in [3.8, 4) is 6.07 Å². The van der Waals surface area contributed by atoms with Gasteiger partial charge in [0.15, 0.2) is 0 Å². The minimum absolute atomic E-state index is 0.337. The molecule has 1 atom stereocenters. The molecule has 1 unspecified atom stereocenters. The molecule has 4 heteroatoms. The van der Waals surface area contributed by atoms with Crippen LogP contribution in [0.2, 0.25) is 0 Å². The summed E-state index contributed by atoms with van der Waals surface area (Å²) in [6, 6.07) is 8.82. The van der Waals surface area contributed by atoms with Crippen LogP contribution in [-0.4, -0.2) is 12.1 Å². The van der Waals surface area contributed by atoms with Crippen LogP contribution in [0.3, 0.4) is 0 Å². The first-order valence-electron chi connectivity index (χ1n) is 5.69. The molecule has 0 saturated heterocycles. The van der Waals surface area contributed by atoms with Gasteiger partial charge in [0.2, 0.25) is 0 Å². The minimum Gasteiger partial charge on any atom is -0.322 e. The van der Waals surface area contributed by atoms with E-state index in [0.29, 0.717) is 6.42 Å². The second-order valence-corrected chi connectivity index (χ2v) is 3.94. The number of benzene rings is 1. The molecular formula is C13H17N3O. The lowest BCUT2D eigenvalue weighted by atomic mass is 10.2. The van der Waals surface area contributed by atoms with Crippen LogP contribution in [0.15, 0.2) is 24.3 Å². The highest BCUT2D eigenvalue weighted by Crippen LogP contribution is 2.09. The summed E-state index contributed by atoms with van der Waals surface area (Å²) in [7, 11) is 0. The number of nitrogens with one attached hydrogen (secondary N) is 2. The highest BCUT2D eigenvalue weighted by Gasteiger charge is 2.09. The average molecular weight is 231 g/mol. The van der Waals surface area contributed by atoms with Crippen molar-refractivity contribution in [1.82, 2.24) is 5.32 Å². The van der Waals surface area contributed by atoms with Crippen molar-refractivity contribution in [2.24, 2.45) is 0 Å². The van der Waals surface area contributed by atoms with Crippen LogP contribution >= 0.6 is 0 Å². The van der Waals surface area contributed by atoms with E-state index in [2.05, 4.69) is 16.7 Å². The van der Waals surface area contributed by atoms with Gasteiger partial charge in [-0.3, -0.25) is 0 Å². The summed E-state index contributed by atoms with van der Waals surface area (Å²) in [5.41, 5.74) is 1.81. The van der Waals surface area contributed by atoms with Gasteiger partial charge in [0.1, 0.15) is 6.04 Å². The van der Waals surface area contributed by atoms with Gasteiger partial charge in [-0.1, -0.05) is 25.5 Å². The zero-order chi connectivity index (χ0) is 12.7. The zero-order valence-corrected chi connectivity index (χ0v) is 10.2. The van der Waals surface area contributed by atoms with Crippen molar-refractivity contribution < 1.29 is 4.79 Å². The number of urea groups is 1. The highest BCUT2D eigenvalue weighted by atomic mass is 16.2. The number of nitrogens with zero attached hydrogens (tertiary/aromatic N) is 1. The van der Waals surface area contributed by atoms with Crippen molar-refractivity contribution in [2.45, 2.75) is 32.7 Å². The predicted molar refractivity (Wildman–Crippen MR) is 67.6 cm³/mol. The molecule has 17 heavy (non-hydrogen) atoms. The summed E-state index contributed by atoms with van der Waals surface area (Å²) in [5.74, 6) is 0. The normalized spacial score (nSPS) is 11.4. The molecule has 0 fully saturated rings. The van der Waals surface area contributed by atoms with Crippen molar-refractivity contribution in [3.05, 3.63) is 29.8 Å². The zero-order valence-electron chi connectivity index (χ0n) is 10.2. The molecular weight excluding hydrogens is 214 g/mol. The Morgan fingerprint density at radius 2 is 2.29 bits per heavy atom. The van der Waals surface area contributed by atoms with E-state index in [-0.39, 0.29) is 6.03 Å². The van der Waals surface area contributed by atoms with Crippen LogP contribution in [0.4, 0.5) is 10.5 Å². The summed E-state index contributed by atoms with van der Waals surface area (Å²) in [6.07, 6.45) is 1.53. The van der Waals surface area contributed by atoms with E-state index >= 15 is 0 Å². The second kappa shape index (κ2) is 6.54. The molecule has 0 radical (unpaired) electrons. The Labute approximate surface area is 102 Å². The van der Waals surface area contributed by atoms with E-state index in [4.69, 9.17) is 5.26 Å². The molecule has 0 spiro atoms. The molecule has 0 aliphatic carbocycles. The van der Waals surface area contributed by atoms with Gasteiger partial charge in [-0.2, -0.15) is 5.26 Å². The lowest BCUT2D eigenvalue weighted by Crippen LogP contribution is -2.36. The van der Waals surface area contributed by atoms with Crippen LogP contribution in [0, 0.1) is 18.3 Å². The number of hydrogen-bond acceptors (Lipinski definition) is 2. The van der Waals surface area contributed by atoms with Gasteiger partial charge in [-0.15, -0.1) is 0 Å². The molecule has 0 aliphatic heterocycles. The lowest BCUT2D eigenvalue weighted by molar-refractivity contribution is 0.250. The van der Waals surface area contributed by atoms with Crippen molar-refractivity contribution in [1.29, 1.82) is 5.26 Å². The predicted octanol–water partition coefficient (Wildman–Crippen LogP) is 2.81. The summed E-state index contributed by atoms with van der Waals surface area (Å²) >= 11 is 0. The van der Waals surface area contributed by atoms with Crippen molar-refractivity contribution in [2.75, 3.05) is 5.32 Å². The average Bonchev–Trinajstić information content (AvgIpc) is 2.28. The smallest absolute Gasteiger partial charge is 0.320 e. The van der Waals surface area contributed by atoms with Gasteiger partial charge in [0.05, 0.1) is 6.07 Å². The minimum atomic E-state index is -0.426. The number of hydrogen-bond donors (Lipinski definition) is 2. The van der Waals surface area contributed by atoms with Gasteiger partial charge in [-0.25, -0.2) is 4.79 Å². The van der Waals surface area contributed by atoms with E-state index in [1.165, 1.54) is 0 Å². The molecule has 1 rings (SSSR count). The maximum atomic E-state index is 11.6. The molecule has 90 valence electrons. The summed E-state index contributed by atoms with van der Waals surface area (Å²) in [6.45, 7) is 3.93. The summed E-state index contributed by atoms with van der Waals surface area (Å²) < 4.78 is 0. The number of anilines is 1. The van der Waals surface area contributed by atoms with E-state index in [0.717, 1.165) is 17.7 Å². The maximum Gasteiger partial charge on any atom is 0.320 e. The van der Waals surface area contributed by atoms with E-state index in [1.807, 2.05) is 38.1 Å². The Morgan fingerprint density at radius 1 is 1.53 bits per heavy atom. The van der Waals surface area contributed by atoms with Gasteiger partial charge in [-0.05, 0) is 31.0 Å². The van der Waals surface area contributed by atoms with E-state index < -0.39 is 6.04 Å². The van der Waals surface area contributed by atoms with Crippen LogP contribution in [0.25, 0.3) is 0 Å². The van der Waals surface area contributed by atoms with Crippen LogP contribution < -0.4 is 10.6 Å². The standard InChI is InChI=1S/C13H17N3O/c1-3-5-12(9-14)16-13(17)15-11-7-4-6-10(2)8-11/h4,6-8,12H,3,5H2,1-2H3,(H2,15,16,17). The second-order valence-electron chi connectivity index (χ2n) is 3.94. The fourth-order valence-electron chi connectivity index (χ4n) is 1.51. The number of carbonyl (C=O) groups excluding carboxylic acids is 1. The molecule has 1 aromatic rings. The Morgan fingerprint density at radius 3 is 2.88 bits per heavy atom. The fraction of sp³-hybridized carbons (Fsp3) is 0.385. The molecule has 0 aromatic heterocycles. The fourth-order valence-corrected chi connectivity index (χ4v) is 1.51. The summed E-state index contributed by atoms with van der Waals surface area (Å²) in [4.78, 5) is 11.6. The van der Waals surface area contributed by atoms with Crippen LogP contribution in [0.5, 0.6) is 0 Å². The van der Waals surface area contributed by atoms with Gasteiger partial charge < -0.3 is 10.6 Å². The molecule has 0 aliphatic rings. The Balaban J connectivity index is 2.52. The molecule has 1 aromatic carbocycles. The van der Waals surface area contributed by atoms with Crippen molar-refractivity contribution >= 4 is 11.7 Å². The molecule has 2 N–H and O–H groups in total. The Kier molecular flexibility index (Phi) is 5.02. The largest absolute Gasteiger partial charge is 0.322 e. The Bertz CT molecular complexity index is 423. The number of rotatable bonds is 4. The number of nitriles is 1. The quantitative estimate of drug-likeness (QED) is 0.836. The number of amides is 2. The first kappa shape index (κ1) is 13.0. The van der Waals surface area contributed by atoms with Gasteiger partial charge in [0.25, 0.3) is 0 Å². The lowest BCUT2D eigenvalue weighted by Gasteiger charge is -2.11. The SMILES string of the molecule is CCCC(C#N)NC(=O)Nc1cccc(C)c1. The maximum absolute atomic E-state index is 11.6. The van der Waals surface area contributed by atoms with Gasteiger partial charge in [0, 0.05) is 5.69 Å². The van der Waals surface area contributed by atoms with Crippen LogP contribution in [-0.2, 0) is 0 Å². The Hall–Kier alpha value is -2.02. The van der Waals surface area contributed by atoms with E-state index in [1.54, 1.807) is 0 Å². The van der Waals surface area contributed by atoms with E-state index in [9.17, 15) is 4.79 Å². The first-order valence-corrected chi connectivity index (χ1v) is 5.69. The van der Waals surface area contributed by atoms with Crippen LogP contribution in [0.1, 0.15) is 25.3 Å². The van der Waals surface area contributed by atoms with Gasteiger partial charge >= 0.3 is 6.03 Å². The molecule has 0 saturated carbocycles. The van der Waals surface area contributed by atoms with Crippen molar-refractivity contribution in [3.63, 3.8) is 0 Å². The molecule has 2 amide bonds. The molecule has 0 heterocycles. The first-order chi connectivity index (χ1) is 8.15. The number of aryl methyl sites for hydroxylation is 1. The monoisotopic (exact) mass is 231 g/mol. The number of carbonyl (C=O) groups is 1. The topological polar surface area (TPSA) is 64.9 Å². The molecule has 4 nitrogen and oxygen atoms in total. The highest BCUT2D eigenvalue weighted by molar-refractivity contribution is 5.89. The third-order valence-corrected chi connectivity index (χ3v) is 2.31.